The minimum atomic E-state index is 0. The van der Waals surface area contributed by atoms with Gasteiger partial charge in [-0.25, -0.2) is 0 Å². The number of para-hydroxylation sites is 1. The van der Waals surface area contributed by atoms with E-state index in [0.717, 1.165) is 29.9 Å². The molecule has 0 unspecified atom stereocenters. The molecule has 0 spiro atoms. The molecule has 0 bridgehead atoms. The van der Waals surface area contributed by atoms with Crippen molar-refractivity contribution in [3.8, 4) is 0 Å². The van der Waals surface area contributed by atoms with E-state index in [1.54, 1.807) is 0 Å². The van der Waals surface area contributed by atoms with Crippen LogP contribution in [0.15, 0.2) is 18.2 Å². The van der Waals surface area contributed by atoms with Crippen molar-refractivity contribution >= 4 is 49.3 Å². The van der Waals surface area contributed by atoms with Crippen LogP contribution in [-0.2, 0) is 4.79 Å². The molecular formula is C14H24CaN2O. The first-order chi connectivity index (χ1) is 8.08. The molecule has 0 fully saturated rings. The number of hydrogen-bond donors (Lipinski definition) is 1. The first-order valence-corrected chi connectivity index (χ1v) is 6.16. The van der Waals surface area contributed by atoms with Crippen LogP contribution in [0.2, 0.25) is 0 Å². The quantitative estimate of drug-likeness (QED) is 0.830. The van der Waals surface area contributed by atoms with Gasteiger partial charge in [-0.1, -0.05) is 32.0 Å². The predicted octanol–water partition coefficient (Wildman–Crippen LogP) is 1.67. The number of aryl methyl sites for hydroxylation is 2. The molecule has 18 heavy (non-hydrogen) atoms. The van der Waals surface area contributed by atoms with Crippen molar-refractivity contribution in [2.24, 2.45) is 0 Å². The molecule has 0 aliphatic rings. The summed E-state index contributed by atoms with van der Waals surface area (Å²) in [6.07, 6.45) is 0. The monoisotopic (exact) mass is 276 g/mol. The van der Waals surface area contributed by atoms with Crippen molar-refractivity contribution in [2.75, 3.05) is 25.0 Å². The Hall–Kier alpha value is -0.0903. The number of nitrogens with one attached hydrogen (secondary N) is 1. The minimum absolute atomic E-state index is 0. The second-order valence-corrected chi connectivity index (χ2v) is 4.28. The average Bonchev–Trinajstić information content (AvgIpc) is 2.31. The van der Waals surface area contributed by atoms with E-state index in [9.17, 15) is 4.79 Å². The number of anilines is 1. The Bertz CT molecular complexity index is 369. The Morgan fingerprint density at radius 1 is 1.17 bits per heavy atom. The van der Waals surface area contributed by atoms with E-state index in [-0.39, 0.29) is 43.6 Å². The molecule has 1 aromatic rings. The number of likely N-dealkylation sites (N-methyl/N-ethyl adjacent to an activating group) is 1. The molecule has 0 aliphatic carbocycles. The van der Waals surface area contributed by atoms with Gasteiger partial charge in [0.25, 0.3) is 0 Å². The van der Waals surface area contributed by atoms with Crippen LogP contribution in [0.3, 0.4) is 0 Å². The van der Waals surface area contributed by atoms with Gasteiger partial charge in [-0.15, -0.1) is 0 Å². The normalized spacial score (nSPS) is 10.1. The van der Waals surface area contributed by atoms with E-state index in [4.69, 9.17) is 0 Å². The van der Waals surface area contributed by atoms with Crippen molar-refractivity contribution < 1.29 is 4.79 Å². The zero-order valence-electron chi connectivity index (χ0n) is 11.2. The summed E-state index contributed by atoms with van der Waals surface area (Å²) in [4.78, 5) is 14.0. The van der Waals surface area contributed by atoms with Gasteiger partial charge >= 0.3 is 37.7 Å². The fraction of sp³-hybridized carbons (Fsp3) is 0.500. The molecule has 0 saturated heterocycles. The summed E-state index contributed by atoms with van der Waals surface area (Å²) in [5, 5.41) is 3.00. The molecule has 3 nitrogen and oxygen atoms in total. The molecule has 4 heteroatoms. The summed E-state index contributed by atoms with van der Waals surface area (Å²) in [7, 11) is 0. The molecule has 0 heterocycles. The van der Waals surface area contributed by atoms with Crippen LogP contribution in [-0.4, -0.2) is 68.2 Å². The molecule has 0 aliphatic heterocycles. The van der Waals surface area contributed by atoms with Crippen molar-refractivity contribution in [1.29, 1.82) is 0 Å². The molecule has 0 aromatic heterocycles. The first kappa shape index (κ1) is 17.9. The summed E-state index contributed by atoms with van der Waals surface area (Å²) in [6, 6.07) is 6.03. The van der Waals surface area contributed by atoms with Crippen molar-refractivity contribution in [1.82, 2.24) is 4.90 Å². The number of benzene rings is 1. The number of amides is 1. The molecule has 0 atom stereocenters. The van der Waals surface area contributed by atoms with Crippen LogP contribution in [0.4, 0.5) is 5.69 Å². The zero-order chi connectivity index (χ0) is 12.8. The van der Waals surface area contributed by atoms with Gasteiger partial charge in [0.1, 0.15) is 0 Å². The van der Waals surface area contributed by atoms with Gasteiger partial charge in [-0.05, 0) is 38.1 Å². The SMILES string of the molecule is CCN(CC)CC(=O)Nc1c(C)cccc1C.[CaH2]. The van der Waals surface area contributed by atoms with Crippen LogP contribution in [0.1, 0.15) is 25.0 Å². The van der Waals surface area contributed by atoms with Crippen LogP contribution in [0.25, 0.3) is 0 Å². The molecule has 1 amide bonds. The third-order valence-electron chi connectivity index (χ3n) is 3.01. The van der Waals surface area contributed by atoms with Crippen molar-refractivity contribution in [3.05, 3.63) is 29.3 Å². The van der Waals surface area contributed by atoms with Crippen LogP contribution < -0.4 is 5.32 Å². The Labute approximate surface area is 140 Å². The summed E-state index contributed by atoms with van der Waals surface area (Å²) in [5.41, 5.74) is 3.17. The Morgan fingerprint density at radius 2 is 1.67 bits per heavy atom. The Kier molecular flexibility index (Phi) is 8.87. The van der Waals surface area contributed by atoms with Crippen molar-refractivity contribution in [2.45, 2.75) is 27.7 Å². The molecule has 0 saturated carbocycles. The Balaban J connectivity index is 0.00000289. The van der Waals surface area contributed by atoms with Gasteiger partial charge in [0.15, 0.2) is 0 Å². The molecule has 1 rings (SSSR count). The van der Waals surface area contributed by atoms with Crippen LogP contribution in [0, 0.1) is 13.8 Å². The number of hydrogen-bond acceptors (Lipinski definition) is 2. The topological polar surface area (TPSA) is 32.3 Å². The van der Waals surface area contributed by atoms with E-state index in [1.807, 2.05) is 32.0 Å². The summed E-state index contributed by atoms with van der Waals surface area (Å²) >= 11 is 0. The van der Waals surface area contributed by atoms with Gasteiger partial charge in [0.2, 0.25) is 5.91 Å². The van der Waals surface area contributed by atoms with E-state index >= 15 is 0 Å². The molecule has 1 aromatic carbocycles. The second-order valence-electron chi connectivity index (χ2n) is 4.28. The average molecular weight is 276 g/mol. The third kappa shape index (κ3) is 5.27. The van der Waals surface area contributed by atoms with E-state index < -0.39 is 0 Å². The van der Waals surface area contributed by atoms with E-state index in [1.165, 1.54) is 0 Å². The zero-order valence-corrected chi connectivity index (χ0v) is 11.2. The fourth-order valence-electron chi connectivity index (χ4n) is 1.84. The third-order valence-corrected chi connectivity index (χ3v) is 3.01. The first-order valence-electron chi connectivity index (χ1n) is 6.16. The van der Waals surface area contributed by atoms with Gasteiger partial charge < -0.3 is 5.32 Å². The molecular weight excluding hydrogens is 252 g/mol. The summed E-state index contributed by atoms with van der Waals surface area (Å²) < 4.78 is 0. The van der Waals surface area contributed by atoms with Gasteiger partial charge in [0.05, 0.1) is 6.54 Å². The number of carbonyl (C=O) groups excluding carboxylic acids is 1. The maximum atomic E-state index is 11.9. The summed E-state index contributed by atoms with van der Waals surface area (Å²) in [6.45, 7) is 10.4. The van der Waals surface area contributed by atoms with Crippen LogP contribution >= 0.6 is 0 Å². The number of rotatable bonds is 5. The maximum absolute atomic E-state index is 11.9. The molecule has 98 valence electrons. The van der Waals surface area contributed by atoms with Gasteiger partial charge in [0, 0.05) is 5.69 Å². The van der Waals surface area contributed by atoms with Gasteiger partial charge in [-0.3, -0.25) is 9.69 Å². The second kappa shape index (κ2) is 8.92. The van der Waals surface area contributed by atoms with E-state index in [0.29, 0.717) is 6.54 Å². The fourth-order valence-corrected chi connectivity index (χ4v) is 1.84. The predicted molar refractivity (Wildman–Crippen MR) is 80.9 cm³/mol. The summed E-state index contributed by atoms with van der Waals surface area (Å²) in [5.74, 6) is 0.0612. The Morgan fingerprint density at radius 3 is 2.11 bits per heavy atom. The number of carbonyl (C=O) groups is 1. The number of nitrogens with zero attached hydrogens (tertiary/aromatic N) is 1. The molecule has 0 radical (unpaired) electrons. The van der Waals surface area contributed by atoms with Crippen molar-refractivity contribution in [3.63, 3.8) is 0 Å². The van der Waals surface area contributed by atoms with E-state index in [2.05, 4.69) is 24.1 Å². The standard InChI is InChI=1S/C14H22N2O.Ca.2H/c1-5-16(6-2)10-13(17)15-14-11(3)8-7-9-12(14)4;;;/h7-9H,5-6,10H2,1-4H3,(H,15,17);;;. The molecule has 1 N–H and O–H groups in total. The van der Waals surface area contributed by atoms with Gasteiger partial charge in [-0.2, -0.15) is 0 Å². The van der Waals surface area contributed by atoms with Crippen LogP contribution in [0.5, 0.6) is 0 Å².